The summed E-state index contributed by atoms with van der Waals surface area (Å²) < 4.78 is 42.0. The molecule has 0 fully saturated rings. The van der Waals surface area contributed by atoms with Crippen LogP contribution in [0.1, 0.15) is 15.9 Å². The van der Waals surface area contributed by atoms with E-state index < -0.39 is 5.51 Å². The molecule has 0 atom stereocenters. The van der Waals surface area contributed by atoms with Gasteiger partial charge in [-0.05, 0) is 54.1 Å². The highest BCUT2D eigenvalue weighted by Crippen LogP contribution is 2.36. The molecule has 7 heteroatoms. The normalized spacial score (nSPS) is 11.2. The number of ether oxygens (including phenoxy) is 1. The largest absolute Gasteiger partial charge is 0.496 e. The van der Waals surface area contributed by atoms with Crippen molar-refractivity contribution in [3.05, 3.63) is 59.7 Å². The summed E-state index contributed by atoms with van der Waals surface area (Å²) in [4.78, 5) is 12.1. The van der Waals surface area contributed by atoms with E-state index in [1.165, 1.54) is 24.3 Å². The summed E-state index contributed by atoms with van der Waals surface area (Å²) in [6, 6.07) is 12.8. The summed E-state index contributed by atoms with van der Waals surface area (Å²) in [5.41, 5.74) is -3.04. The van der Waals surface area contributed by atoms with Gasteiger partial charge in [0.1, 0.15) is 5.75 Å². The van der Waals surface area contributed by atoms with Crippen LogP contribution in [0, 0.1) is 0 Å². The number of thioether (sulfide) groups is 1. The predicted octanol–water partition coefficient (Wildman–Crippen LogP) is 4.28. The van der Waals surface area contributed by atoms with Crippen molar-refractivity contribution in [3.8, 4) is 5.75 Å². The maximum absolute atomic E-state index is 12.3. The van der Waals surface area contributed by atoms with Gasteiger partial charge in [-0.2, -0.15) is 13.2 Å². The van der Waals surface area contributed by atoms with Gasteiger partial charge < -0.3 is 10.1 Å². The molecule has 0 saturated heterocycles. The zero-order valence-electron chi connectivity index (χ0n) is 12.9. The van der Waals surface area contributed by atoms with Crippen molar-refractivity contribution < 1.29 is 22.7 Å². The molecule has 1 amide bonds. The molecule has 24 heavy (non-hydrogen) atoms. The lowest BCUT2D eigenvalue weighted by molar-refractivity contribution is -0.0328. The summed E-state index contributed by atoms with van der Waals surface area (Å²) >= 11 is -0.205. The highest BCUT2D eigenvalue weighted by Gasteiger charge is 2.29. The van der Waals surface area contributed by atoms with Crippen LogP contribution in [0.4, 0.5) is 13.2 Å². The van der Waals surface area contributed by atoms with Crippen LogP contribution in [0.3, 0.4) is 0 Å². The third kappa shape index (κ3) is 5.49. The SMILES string of the molecule is COc1ccccc1CCNC(=O)c1ccc(SC(F)(F)F)cc1. The summed E-state index contributed by atoms with van der Waals surface area (Å²) in [5.74, 6) is 0.425. The summed E-state index contributed by atoms with van der Waals surface area (Å²) in [6.07, 6.45) is 0.595. The average molecular weight is 355 g/mol. The minimum absolute atomic E-state index is 0.0491. The lowest BCUT2D eigenvalue weighted by atomic mass is 10.1. The Kier molecular flexibility index (Phi) is 6.14. The van der Waals surface area contributed by atoms with E-state index in [1.807, 2.05) is 24.3 Å². The second kappa shape index (κ2) is 8.10. The van der Waals surface area contributed by atoms with Crippen LogP contribution in [0.15, 0.2) is 53.4 Å². The van der Waals surface area contributed by atoms with Crippen molar-refractivity contribution in [3.63, 3.8) is 0 Å². The smallest absolute Gasteiger partial charge is 0.446 e. The lowest BCUT2D eigenvalue weighted by Gasteiger charge is -2.09. The quantitative estimate of drug-likeness (QED) is 0.786. The molecule has 0 aliphatic carbocycles. The molecule has 2 aromatic carbocycles. The maximum atomic E-state index is 12.3. The minimum atomic E-state index is -4.33. The monoisotopic (exact) mass is 355 g/mol. The Morgan fingerprint density at radius 3 is 2.42 bits per heavy atom. The number of nitrogens with one attached hydrogen (secondary N) is 1. The van der Waals surface area contributed by atoms with Gasteiger partial charge in [0.05, 0.1) is 7.11 Å². The molecule has 1 N–H and O–H groups in total. The number of para-hydroxylation sites is 1. The Morgan fingerprint density at radius 2 is 1.79 bits per heavy atom. The molecule has 0 unspecified atom stereocenters. The van der Waals surface area contributed by atoms with Crippen molar-refractivity contribution in [1.82, 2.24) is 5.32 Å². The fraction of sp³-hybridized carbons (Fsp3) is 0.235. The Hall–Kier alpha value is -2.15. The van der Waals surface area contributed by atoms with Crippen LogP contribution in [0.5, 0.6) is 5.75 Å². The second-order valence-electron chi connectivity index (χ2n) is 4.89. The van der Waals surface area contributed by atoms with Gasteiger partial charge in [0, 0.05) is 17.0 Å². The fourth-order valence-electron chi connectivity index (χ4n) is 2.13. The first-order valence-corrected chi connectivity index (χ1v) is 7.96. The van der Waals surface area contributed by atoms with Crippen molar-refractivity contribution >= 4 is 17.7 Å². The number of carbonyl (C=O) groups is 1. The highest BCUT2D eigenvalue weighted by molar-refractivity contribution is 8.00. The van der Waals surface area contributed by atoms with E-state index in [0.717, 1.165) is 11.3 Å². The van der Waals surface area contributed by atoms with E-state index in [2.05, 4.69) is 5.32 Å². The van der Waals surface area contributed by atoms with Gasteiger partial charge in [0.25, 0.3) is 5.91 Å². The molecule has 2 rings (SSSR count). The van der Waals surface area contributed by atoms with Crippen LogP contribution >= 0.6 is 11.8 Å². The lowest BCUT2D eigenvalue weighted by Crippen LogP contribution is -2.25. The topological polar surface area (TPSA) is 38.3 Å². The molecule has 0 saturated carbocycles. The number of hydrogen-bond acceptors (Lipinski definition) is 3. The molecule has 3 nitrogen and oxygen atoms in total. The van der Waals surface area contributed by atoms with E-state index >= 15 is 0 Å². The zero-order valence-corrected chi connectivity index (χ0v) is 13.7. The first-order valence-electron chi connectivity index (χ1n) is 7.15. The Labute approximate surface area is 142 Å². The molecule has 0 aliphatic heterocycles. The van der Waals surface area contributed by atoms with Gasteiger partial charge in [-0.15, -0.1) is 0 Å². The summed E-state index contributed by atoms with van der Waals surface area (Å²) in [7, 11) is 1.58. The van der Waals surface area contributed by atoms with E-state index in [9.17, 15) is 18.0 Å². The van der Waals surface area contributed by atoms with Crippen molar-refractivity contribution in [1.29, 1.82) is 0 Å². The third-order valence-corrected chi connectivity index (χ3v) is 3.96. The number of rotatable bonds is 6. The molecular weight excluding hydrogens is 339 g/mol. The first-order chi connectivity index (χ1) is 11.4. The Balaban J connectivity index is 1.88. The van der Waals surface area contributed by atoms with E-state index in [4.69, 9.17) is 4.74 Å². The van der Waals surface area contributed by atoms with Crippen LogP contribution in [0.25, 0.3) is 0 Å². The van der Waals surface area contributed by atoms with Gasteiger partial charge >= 0.3 is 5.51 Å². The molecule has 0 heterocycles. The number of carbonyl (C=O) groups excluding carboxylic acids is 1. The predicted molar refractivity (Wildman–Crippen MR) is 87.4 cm³/mol. The zero-order chi connectivity index (χ0) is 17.6. The van der Waals surface area contributed by atoms with Crippen molar-refractivity contribution in [2.24, 2.45) is 0 Å². The van der Waals surface area contributed by atoms with Gasteiger partial charge in [0.15, 0.2) is 0 Å². The van der Waals surface area contributed by atoms with E-state index in [-0.39, 0.29) is 22.6 Å². The second-order valence-corrected chi connectivity index (χ2v) is 6.03. The first kappa shape index (κ1) is 18.2. The molecule has 128 valence electrons. The van der Waals surface area contributed by atoms with E-state index in [1.54, 1.807) is 7.11 Å². The van der Waals surface area contributed by atoms with Crippen LogP contribution in [-0.2, 0) is 6.42 Å². The summed E-state index contributed by atoms with van der Waals surface area (Å²) in [5, 5.41) is 2.74. The number of methoxy groups -OCH3 is 1. The van der Waals surface area contributed by atoms with Crippen LogP contribution in [-0.4, -0.2) is 25.1 Å². The number of alkyl halides is 3. The molecular formula is C17H16F3NO2S. The molecule has 0 aromatic heterocycles. The summed E-state index contributed by atoms with van der Waals surface area (Å²) in [6.45, 7) is 0.401. The average Bonchev–Trinajstić information content (AvgIpc) is 2.54. The minimum Gasteiger partial charge on any atom is -0.496 e. The number of hydrogen-bond donors (Lipinski definition) is 1. The molecule has 0 spiro atoms. The molecule has 0 aliphatic rings. The number of halogens is 3. The standard InChI is InChI=1S/C17H16F3NO2S/c1-23-15-5-3-2-4-12(15)10-11-21-16(22)13-6-8-14(9-7-13)24-17(18,19)20/h2-9H,10-11H2,1H3,(H,21,22). The Morgan fingerprint density at radius 1 is 1.12 bits per heavy atom. The molecule has 0 bridgehead atoms. The van der Waals surface area contributed by atoms with Crippen molar-refractivity contribution in [2.45, 2.75) is 16.8 Å². The third-order valence-electron chi connectivity index (χ3n) is 3.22. The Bertz CT molecular complexity index is 687. The van der Waals surface area contributed by atoms with E-state index in [0.29, 0.717) is 18.5 Å². The van der Waals surface area contributed by atoms with Gasteiger partial charge in [-0.1, -0.05) is 18.2 Å². The van der Waals surface area contributed by atoms with Gasteiger partial charge in [-0.3, -0.25) is 4.79 Å². The molecule has 0 radical (unpaired) electrons. The maximum Gasteiger partial charge on any atom is 0.446 e. The van der Waals surface area contributed by atoms with Gasteiger partial charge in [0.2, 0.25) is 0 Å². The van der Waals surface area contributed by atoms with Gasteiger partial charge in [-0.25, -0.2) is 0 Å². The van der Waals surface area contributed by atoms with Crippen LogP contribution in [0.2, 0.25) is 0 Å². The number of benzene rings is 2. The molecule has 2 aromatic rings. The number of amides is 1. The highest BCUT2D eigenvalue weighted by atomic mass is 32.2. The van der Waals surface area contributed by atoms with Crippen LogP contribution < -0.4 is 10.1 Å². The van der Waals surface area contributed by atoms with Crippen molar-refractivity contribution in [2.75, 3.05) is 13.7 Å². The fourth-order valence-corrected chi connectivity index (χ4v) is 2.67.